The van der Waals surface area contributed by atoms with Crippen LogP contribution in [0.5, 0.6) is 0 Å². The van der Waals surface area contributed by atoms with E-state index in [1.54, 1.807) is 12.3 Å². The van der Waals surface area contributed by atoms with Crippen LogP contribution in [0.3, 0.4) is 0 Å². The molecule has 4 heteroatoms. The molecular formula is C14H14BrFN2. The van der Waals surface area contributed by atoms with Gasteiger partial charge in [0.05, 0.1) is 0 Å². The molecule has 0 saturated heterocycles. The molecule has 1 unspecified atom stereocenters. The summed E-state index contributed by atoms with van der Waals surface area (Å²) < 4.78 is 14.1. The van der Waals surface area contributed by atoms with Gasteiger partial charge in [-0.05, 0) is 42.3 Å². The minimum absolute atomic E-state index is 0.274. The Kier molecular flexibility index (Phi) is 4.09. The van der Waals surface area contributed by atoms with Crippen LogP contribution in [0.25, 0.3) is 0 Å². The van der Waals surface area contributed by atoms with Gasteiger partial charge in [0.2, 0.25) is 0 Å². The molecule has 0 fully saturated rings. The Balaban J connectivity index is 2.25. The fraction of sp³-hybridized carbons (Fsp3) is 0.214. The molecule has 18 heavy (non-hydrogen) atoms. The molecule has 0 spiro atoms. The van der Waals surface area contributed by atoms with E-state index >= 15 is 0 Å². The van der Waals surface area contributed by atoms with E-state index in [4.69, 9.17) is 5.73 Å². The molecule has 2 N–H and O–H groups in total. The molecule has 0 amide bonds. The van der Waals surface area contributed by atoms with Crippen molar-refractivity contribution in [2.45, 2.75) is 19.4 Å². The monoisotopic (exact) mass is 308 g/mol. The number of benzene rings is 1. The van der Waals surface area contributed by atoms with E-state index in [1.165, 1.54) is 12.1 Å². The summed E-state index contributed by atoms with van der Waals surface area (Å²) in [6.45, 7) is 2.00. The highest BCUT2D eigenvalue weighted by molar-refractivity contribution is 9.10. The Morgan fingerprint density at radius 1 is 1.39 bits per heavy atom. The van der Waals surface area contributed by atoms with Gasteiger partial charge in [0.15, 0.2) is 0 Å². The number of aromatic nitrogens is 1. The van der Waals surface area contributed by atoms with Crippen molar-refractivity contribution in [1.82, 2.24) is 4.98 Å². The highest BCUT2D eigenvalue weighted by atomic mass is 79.9. The van der Waals surface area contributed by atoms with Gasteiger partial charge in [-0.2, -0.15) is 0 Å². The number of hydrogen-bond donors (Lipinski definition) is 1. The summed E-state index contributed by atoms with van der Waals surface area (Å²) in [6, 6.07) is 8.16. The zero-order chi connectivity index (χ0) is 13.1. The maximum atomic E-state index is 13.2. The van der Waals surface area contributed by atoms with Crippen molar-refractivity contribution in [3.05, 3.63) is 63.6 Å². The smallest absolute Gasteiger partial charge is 0.123 e. The average Bonchev–Trinajstić information content (AvgIpc) is 2.35. The van der Waals surface area contributed by atoms with Crippen molar-refractivity contribution in [3.63, 3.8) is 0 Å². The molecule has 2 rings (SSSR count). The van der Waals surface area contributed by atoms with Gasteiger partial charge in [0.1, 0.15) is 5.82 Å². The fourth-order valence-corrected chi connectivity index (χ4v) is 2.39. The van der Waals surface area contributed by atoms with E-state index in [0.717, 1.165) is 21.3 Å². The van der Waals surface area contributed by atoms with Crippen LogP contribution in [0.1, 0.15) is 22.9 Å². The zero-order valence-electron chi connectivity index (χ0n) is 10.0. The normalized spacial score (nSPS) is 12.4. The summed E-state index contributed by atoms with van der Waals surface area (Å²) in [5, 5.41) is 0. The van der Waals surface area contributed by atoms with Crippen LogP contribution in [-0.2, 0) is 6.42 Å². The molecule has 0 saturated carbocycles. The number of aryl methyl sites for hydroxylation is 1. The molecule has 1 aromatic carbocycles. The molecule has 0 aliphatic rings. The second-order valence-corrected chi connectivity index (χ2v) is 5.10. The number of halogens is 2. The minimum Gasteiger partial charge on any atom is -0.324 e. The molecule has 0 bridgehead atoms. The molecule has 1 aromatic heterocycles. The summed E-state index contributed by atoms with van der Waals surface area (Å²) in [5.74, 6) is -0.276. The molecule has 0 aliphatic heterocycles. The summed E-state index contributed by atoms with van der Waals surface area (Å²) in [6.07, 6.45) is 2.34. The first-order valence-electron chi connectivity index (χ1n) is 5.69. The third-order valence-electron chi connectivity index (χ3n) is 2.89. The van der Waals surface area contributed by atoms with Crippen LogP contribution in [0, 0.1) is 12.7 Å². The second kappa shape index (κ2) is 5.59. The summed E-state index contributed by atoms with van der Waals surface area (Å²) in [5.41, 5.74) is 8.94. The van der Waals surface area contributed by atoms with Crippen molar-refractivity contribution >= 4 is 15.9 Å². The van der Waals surface area contributed by atoms with Gasteiger partial charge in [0.25, 0.3) is 0 Å². The Bertz CT molecular complexity index is 557. The maximum Gasteiger partial charge on any atom is 0.123 e. The molecule has 94 valence electrons. The third-order valence-corrected chi connectivity index (χ3v) is 3.61. The SMILES string of the molecule is Cc1cccnc1CC(N)c1cc(F)ccc1Br. The lowest BCUT2D eigenvalue weighted by Crippen LogP contribution is -2.15. The average molecular weight is 309 g/mol. The summed E-state index contributed by atoms with van der Waals surface area (Å²) >= 11 is 3.40. The van der Waals surface area contributed by atoms with E-state index < -0.39 is 0 Å². The quantitative estimate of drug-likeness (QED) is 0.942. The van der Waals surface area contributed by atoms with Gasteiger partial charge in [0, 0.05) is 28.8 Å². The number of rotatable bonds is 3. The van der Waals surface area contributed by atoms with Gasteiger partial charge in [-0.25, -0.2) is 4.39 Å². The fourth-order valence-electron chi connectivity index (χ4n) is 1.85. The molecule has 0 aliphatic carbocycles. The van der Waals surface area contributed by atoms with Crippen molar-refractivity contribution in [2.75, 3.05) is 0 Å². The lowest BCUT2D eigenvalue weighted by molar-refractivity contribution is 0.616. The van der Waals surface area contributed by atoms with Gasteiger partial charge >= 0.3 is 0 Å². The lowest BCUT2D eigenvalue weighted by Gasteiger charge is -2.14. The molecule has 0 radical (unpaired) electrons. The lowest BCUT2D eigenvalue weighted by atomic mass is 10.0. The highest BCUT2D eigenvalue weighted by Crippen LogP contribution is 2.25. The topological polar surface area (TPSA) is 38.9 Å². The van der Waals surface area contributed by atoms with Crippen LogP contribution < -0.4 is 5.73 Å². The van der Waals surface area contributed by atoms with Gasteiger partial charge in [-0.1, -0.05) is 22.0 Å². The van der Waals surface area contributed by atoms with Crippen LogP contribution in [0.4, 0.5) is 4.39 Å². The number of hydrogen-bond acceptors (Lipinski definition) is 2. The summed E-state index contributed by atoms with van der Waals surface area (Å²) in [7, 11) is 0. The Morgan fingerprint density at radius 2 is 2.17 bits per heavy atom. The van der Waals surface area contributed by atoms with E-state index in [2.05, 4.69) is 20.9 Å². The predicted octanol–water partition coefficient (Wildman–Crippen LogP) is 3.53. The van der Waals surface area contributed by atoms with Gasteiger partial charge < -0.3 is 5.73 Å². The van der Waals surface area contributed by atoms with Crippen LogP contribution in [-0.4, -0.2) is 4.98 Å². The van der Waals surface area contributed by atoms with Gasteiger partial charge in [-0.15, -0.1) is 0 Å². The predicted molar refractivity (Wildman–Crippen MR) is 73.7 cm³/mol. The zero-order valence-corrected chi connectivity index (χ0v) is 11.6. The first-order valence-corrected chi connectivity index (χ1v) is 6.48. The van der Waals surface area contributed by atoms with Crippen molar-refractivity contribution in [3.8, 4) is 0 Å². The number of pyridine rings is 1. The van der Waals surface area contributed by atoms with Crippen LogP contribution >= 0.6 is 15.9 Å². The maximum absolute atomic E-state index is 13.2. The molecule has 2 aromatic rings. The molecular weight excluding hydrogens is 295 g/mol. The van der Waals surface area contributed by atoms with Crippen LogP contribution in [0.2, 0.25) is 0 Å². The Morgan fingerprint density at radius 3 is 2.89 bits per heavy atom. The van der Waals surface area contributed by atoms with Crippen molar-refractivity contribution < 1.29 is 4.39 Å². The third kappa shape index (κ3) is 2.94. The van der Waals surface area contributed by atoms with Gasteiger partial charge in [-0.3, -0.25) is 4.98 Å². The first-order chi connectivity index (χ1) is 8.58. The van der Waals surface area contributed by atoms with E-state index in [1.807, 2.05) is 19.1 Å². The van der Waals surface area contributed by atoms with E-state index in [9.17, 15) is 4.39 Å². The molecule has 1 atom stereocenters. The second-order valence-electron chi connectivity index (χ2n) is 4.24. The number of nitrogens with two attached hydrogens (primary N) is 1. The Hall–Kier alpha value is -1.26. The molecule has 1 heterocycles. The van der Waals surface area contributed by atoms with E-state index in [-0.39, 0.29) is 11.9 Å². The van der Waals surface area contributed by atoms with Crippen molar-refractivity contribution in [2.24, 2.45) is 5.73 Å². The minimum atomic E-state index is -0.276. The highest BCUT2D eigenvalue weighted by Gasteiger charge is 2.13. The van der Waals surface area contributed by atoms with E-state index in [0.29, 0.717) is 6.42 Å². The number of nitrogens with zero attached hydrogens (tertiary/aromatic N) is 1. The standard InChI is InChI=1S/C14H14BrFN2/c1-9-3-2-6-18-14(9)8-13(17)11-7-10(16)4-5-12(11)15/h2-7,13H,8,17H2,1H3. The van der Waals surface area contributed by atoms with Crippen molar-refractivity contribution in [1.29, 1.82) is 0 Å². The Labute approximate surface area is 114 Å². The first kappa shape index (κ1) is 13.2. The van der Waals surface area contributed by atoms with Crippen LogP contribution in [0.15, 0.2) is 41.0 Å². The summed E-state index contributed by atoms with van der Waals surface area (Å²) in [4.78, 5) is 4.31. The molecule has 2 nitrogen and oxygen atoms in total. The largest absolute Gasteiger partial charge is 0.324 e.